The molecule has 0 N–H and O–H groups in total. The lowest BCUT2D eigenvalue weighted by atomic mass is 10.2. The van der Waals surface area contributed by atoms with E-state index in [0.29, 0.717) is 48.5 Å². The standard InChI is InChI=1S/C17H23ClN6O/c1-3-4-8-24-15(18)14(13(2)21-24)16(25)22-9-11-23(12-10-22)17-19-6-5-7-20-17/h5-7H,3-4,8-12H2,1-2H3. The van der Waals surface area contributed by atoms with Crippen LogP contribution in [0, 0.1) is 6.92 Å². The third kappa shape index (κ3) is 3.76. The summed E-state index contributed by atoms with van der Waals surface area (Å²) in [7, 11) is 0. The second-order valence-electron chi connectivity index (χ2n) is 6.16. The van der Waals surface area contributed by atoms with Crippen LogP contribution in [0.5, 0.6) is 0 Å². The summed E-state index contributed by atoms with van der Waals surface area (Å²) < 4.78 is 1.74. The van der Waals surface area contributed by atoms with Crippen LogP contribution < -0.4 is 4.90 Å². The number of hydrogen-bond donors (Lipinski definition) is 0. The number of anilines is 1. The Balaban J connectivity index is 1.68. The van der Waals surface area contributed by atoms with Crippen LogP contribution in [0.25, 0.3) is 0 Å². The molecule has 2 aromatic rings. The molecule has 0 bridgehead atoms. The highest BCUT2D eigenvalue weighted by Crippen LogP contribution is 2.23. The van der Waals surface area contributed by atoms with Gasteiger partial charge in [0.05, 0.1) is 11.3 Å². The van der Waals surface area contributed by atoms with Crippen LogP contribution in [0.1, 0.15) is 35.8 Å². The highest BCUT2D eigenvalue weighted by atomic mass is 35.5. The van der Waals surface area contributed by atoms with Gasteiger partial charge in [-0.05, 0) is 19.4 Å². The number of aryl methyl sites for hydroxylation is 2. The van der Waals surface area contributed by atoms with E-state index in [2.05, 4.69) is 26.9 Å². The number of amides is 1. The van der Waals surface area contributed by atoms with Gasteiger partial charge in [0.1, 0.15) is 5.15 Å². The Bertz CT molecular complexity index is 724. The molecule has 3 heterocycles. The zero-order valence-electron chi connectivity index (χ0n) is 14.7. The largest absolute Gasteiger partial charge is 0.337 e. The summed E-state index contributed by atoms with van der Waals surface area (Å²) in [6.07, 6.45) is 5.51. The summed E-state index contributed by atoms with van der Waals surface area (Å²) in [6.45, 7) is 7.34. The molecule has 1 fully saturated rings. The van der Waals surface area contributed by atoms with Gasteiger partial charge in [-0.25, -0.2) is 9.97 Å². The molecule has 2 aromatic heterocycles. The molecule has 0 aromatic carbocycles. The maximum Gasteiger partial charge on any atom is 0.259 e. The van der Waals surface area contributed by atoms with E-state index >= 15 is 0 Å². The molecule has 0 radical (unpaired) electrons. The first kappa shape index (κ1) is 17.7. The lowest BCUT2D eigenvalue weighted by Gasteiger charge is -2.34. The third-order valence-electron chi connectivity index (χ3n) is 4.40. The molecule has 0 unspecified atom stereocenters. The van der Waals surface area contributed by atoms with Crippen molar-refractivity contribution in [3.8, 4) is 0 Å². The second-order valence-corrected chi connectivity index (χ2v) is 6.51. The first-order valence-corrected chi connectivity index (χ1v) is 9.03. The maximum atomic E-state index is 12.9. The van der Waals surface area contributed by atoms with E-state index in [1.54, 1.807) is 23.1 Å². The first-order chi connectivity index (χ1) is 12.1. The predicted octanol–water partition coefficient (Wildman–Crippen LogP) is 2.40. The molecular formula is C17H23ClN6O. The van der Waals surface area contributed by atoms with Gasteiger partial charge in [-0.1, -0.05) is 24.9 Å². The minimum atomic E-state index is -0.0427. The zero-order chi connectivity index (χ0) is 17.8. The fraction of sp³-hybridized carbons (Fsp3) is 0.529. The van der Waals surface area contributed by atoms with Gasteiger partial charge < -0.3 is 9.80 Å². The highest BCUT2D eigenvalue weighted by Gasteiger charge is 2.28. The minimum Gasteiger partial charge on any atom is -0.337 e. The molecule has 0 aliphatic carbocycles. The molecule has 0 atom stereocenters. The van der Waals surface area contributed by atoms with Crippen molar-refractivity contribution in [3.05, 3.63) is 34.9 Å². The molecule has 134 valence electrons. The number of carbonyl (C=O) groups is 1. The Hall–Kier alpha value is -2.15. The van der Waals surface area contributed by atoms with E-state index in [-0.39, 0.29) is 5.91 Å². The third-order valence-corrected chi connectivity index (χ3v) is 4.79. The summed E-state index contributed by atoms with van der Waals surface area (Å²) in [5, 5.41) is 4.88. The van der Waals surface area contributed by atoms with E-state index in [9.17, 15) is 4.79 Å². The predicted molar refractivity (Wildman–Crippen MR) is 97.0 cm³/mol. The van der Waals surface area contributed by atoms with Gasteiger partial charge in [-0.3, -0.25) is 9.48 Å². The summed E-state index contributed by atoms with van der Waals surface area (Å²) >= 11 is 6.43. The van der Waals surface area contributed by atoms with Gasteiger partial charge in [0.2, 0.25) is 5.95 Å². The number of nitrogens with zero attached hydrogens (tertiary/aromatic N) is 6. The number of rotatable bonds is 5. The van der Waals surface area contributed by atoms with E-state index in [4.69, 9.17) is 11.6 Å². The second kappa shape index (κ2) is 7.82. The van der Waals surface area contributed by atoms with Crippen molar-refractivity contribution in [1.29, 1.82) is 0 Å². The molecule has 1 amide bonds. The lowest BCUT2D eigenvalue weighted by Crippen LogP contribution is -2.49. The number of carbonyl (C=O) groups excluding carboxylic acids is 1. The Morgan fingerprint density at radius 2 is 1.88 bits per heavy atom. The van der Waals surface area contributed by atoms with Gasteiger partial charge in [-0.15, -0.1) is 0 Å². The van der Waals surface area contributed by atoms with E-state index in [1.165, 1.54) is 0 Å². The van der Waals surface area contributed by atoms with E-state index in [0.717, 1.165) is 19.4 Å². The monoisotopic (exact) mass is 362 g/mol. The summed E-state index contributed by atoms with van der Waals surface area (Å²) in [6, 6.07) is 1.80. The number of halogens is 1. The molecule has 0 saturated carbocycles. The van der Waals surface area contributed by atoms with Crippen LogP contribution in [0.15, 0.2) is 18.5 Å². The van der Waals surface area contributed by atoms with Crippen molar-refractivity contribution in [2.24, 2.45) is 0 Å². The average Bonchev–Trinajstić information content (AvgIpc) is 2.93. The quantitative estimate of drug-likeness (QED) is 0.817. The SMILES string of the molecule is CCCCn1nc(C)c(C(=O)N2CCN(c3ncccn3)CC2)c1Cl. The number of hydrogen-bond acceptors (Lipinski definition) is 5. The Labute approximate surface area is 152 Å². The minimum absolute atomic E-state index is 0.0427. The first-order valence-electron chi connectivity index (χ1n) is 8.66. The lowest BCUT2D eigenvalue weighted by molar-refractivity contribution is 0.0745. The Morgan fingerprint density at radius 1 is 1.20 bits per heavy atom. The summed E-state index contributed by atoms with van der Waals surface area (Å²) in [5.41, 5.74) is 1.22. The van der Waals surface area contributed by atoms with Gasteiger partial charge in [-0.2, -0.15) is 5.10 Å². The maximum absolute atomic E-state index is 12.9. The summed E-state index contributed by atoms with van der Waals surface area (Å²) in [4.78, 5) is 25.4. The van der Waals surface area contributed by atoms with Crippen molar-refractivity contribution in [3.63, 3.8) is 0 Å². The Morgan fingerprint density at radius 3 is 2.52 bits per heavy atom. The van der Waals surface area contributed by atoms with Crippen molar-refractivity contribution in [2.75, 3.05) is 31.1 Å². The van der Waals surface area contributed by atoms with Crippen molar-refractivity contribution in [2.45, 2.75) is 33.2 Å². The molecule has 3 rings (SSSR count). The van der Waals surface area contributed by atoms with Crippen molar-refractivity contribution < 1.29 is 4.79 Å². The van der Waals surface area contributed by atoms with Crippen LogP contribution in [0.2, 0.25) is 5.15 Å². The zero-order valence-corrected chi connectivity index (χ0v) is 15.4. The van der Waals surface area contributed by atoms with E-state index < -0.39 is 0 Å². The highest BCUT2D eigenvalue weighted by molar-refractivity contribution is 6.33. The van der Waals surface area contributed by atoms with Gasteiger partial charge in [0.25, 0.3) is 5.91 Å². The number of aromatic nitrogens is 4. The fourth-order valence-electron chi connectivity index (χ4n) is 2.97. The molecule has 25 heavy (non-hydrogen) atoms. The van der Waals surface area contributed by atoms with Crippen LogP contribution >= 0.6 is 11.6 Å². The van der Waals surface area contributed by atoms with Crippen LogP contribution in [-0.4, -0.2) is 56.7 Å². The molecule has 1 aliphatic rings. The molecule has 0 spiro atoms. The Kier molecular flexibility index (Phi) is 5.53. The smallest absolute Gasteiger partial charge is 0.259 e. The van der Waals surface area contributed by atoms with Crippen LogP contribution in [-0.2, 0) is 6.54 Å². The number of unbranched alkanes of at least 4 members (excludes halogenated alkanes) is 1. The van der Waals surface area contributed by atoms with Crippen molar-refractivity contribution >= 4 is 23.5 Å². The number of piperazine rings is 1. The normalized spacial score (nSPS) is 14.8. The van der Waals surface area contributed by atoms with Crippen LogP contribution in [0.4, 0.5) is 5.95 Å². The molecule has 1 aliphatic heterocycles. The molecule has 8 heteroatoms. The fourth-order valence-corrected chi connectivity index (χ4v) is 3.31. The average molecular weight is 363 g/mol. The molecule has 1 saturated heterocycles. The van der Waals surface area contributed by atoms with Crippen LogP contribution in [0.3, 0.4) is 0 Å². The van der Waals surface area contributed by atoms with Gasteiger partial charge in [0, 0.05) is 45.1 Å². The molecule has 7 nitrogen and oxygen atoms in total. The summed E-state index contributed by atoms with van der Waals surface area (Å²) in [5.74, 6) is 0.662. The van der Waals surface area contributed by atoms with Gasteiger partial charge >= 0.3 is 0 Å². The van der Waals surface area contributed by atoms with Crippen molar-refractivity contribution in [1.82, 2.24) is 24.6 Å². The molecular weight excluding hydrogens is 340 g/mol. The van der Waals surface area contributed by atoms with Gasteiger partial charge in [0.15, 0.2) is 0 Å². The topological polar surface area (TPSA) is 67.2 Å². The van der Waals surface area contributed by atoms with E-state index in [1.807, 2.05) is 11.8 Å².